The molecule has 1 N–H and O–H groups in total. The molecule has 2 heterocycles. The summed E-state index contributed by atoms with van der Waals surface area (Å²) in [6.45, 7) is 8.41. The van der Waals surface area contributed by atoms with Gasteiger partial charge in [-0.3, -0.25) is 9.48 Å². The summed E-state index contributed by atoms with van der Waals surface area (Å²) in [6.07, 6.45) is 0. The number of hydrogen-bond donors (Lipinski definition) is 1. The van der Waals surface area contributed by atoms with E-state index in [0.717, 1.165) is 11.4 Å². The van der Waals surface area contributed by atoms with E-state index in [4.69, 9.17) is 0 Å². The van der Waals surface area contributed by atoms with Gasteiger partial charge in [0.15, 0.2) is 0 Å². The third-order valence-electron chi connectivity index (χ3n) is 3.21. The van der Waals surface area contributed by atoms with Crippen molar-refractivity contribution in [3.05, 3.63) is 39.8 Å². The minimum Gasteiger partial charge on any atom is -0.353 e. The monoisotopic (exact) mass is 291 g/mol. The van der Waals surface area contributed by atoms with Crippen molar-refractivity contribution in [2.45, 2.75) is 33.7 Å². The van der Waals surface area contributed by atoms with Crippen molar-refractivity contribution >= 4 is 17.2 Å². The molecule has 0 fully saturated rings. The molecule has 2 aromatic heterocycles. The molecule has 0 spiro atoms. The Hall–Kier alpha value is -1.62. The lowest BCUT2D eigenvalue weighted by Gasteiger charge is -2.19. The zero-order chi connectivity index (χ0) is 14.7. The molecule has 0 aliphatic heterocycles. The van der Waals surface area contributed by atoms with Gasteiger partial charge >= 0.3 is 0 Å². The van der Waals surface area contributed by atoms with Gasteiger partial charge in [0, 0.05) is 23.0 Å². The van der Waals surface area contributed by atoms with Crippen molar-refractivity contribution < 1.29 is 4.79 Å². The number of rotatable bonds is 5. The van der Waals surface area contributed by atoms with Gasteiger partial charge < -0.3 is 5.32 Å². The van der Waals surface area contributed by atoms with E-state index in [1.165, 1.54) is 4.88 Å². The Morgan fingerprint density at radius 1 is 1.45 bits per heavy atom. The van der Waals surface area contributed by atoms with E-state index in [1.807, 2.05) is 38.4 Å². The van der Waals surface area contributed by atoms with Crippen LogP contribution in [-0.2, 0) is 4.79 Å². The first-order chi connectivity index (χ1) is 9.49. The van der Waals surface area contributed by atoms with Crippen LogP contribution < -0.4 is 5.32 Å². The molecule has 0 aliphatic rings. The molecule has 0 saturated carbocycles. The van der Waals surface area contributed by atoms with Crippen LogP contribution in [0.5, 0.6) is 0 Å². The lowest BCUT2D eigenvalue weighted by molar-refractivity contribution is -0.124. The number of aryl methyl sites for hydroxylation is 2. The van der Waals surface area contributed by atoms with Gasteiger partial charge in [0.25, 0.3) is 0 Å². The molecule has 108 valence electrons. The second kappa shape index (κ2) is 6.22. The number of nitrogens with zero attached hydrogens (tertiary/aromatic N) is 2. The fourth-order valence-electron chi connectivity index (χ4n) is 2.15. The van der Waals surface area contributed by atoms with Crippen LogP contribution >= 0.6 is 11.3 Å². The molecule has 0 aromatic carbocycles. The largest absolute Gasteiger partial charge is 0.353 e. The summed E-state index contributed by atoms with van der Waals surface area (Å²) in [5, 5.41) is 9.63. The molecule has 1 unspecified atom stereocenters. The van der Waals surface area contributed by atoms with Crippen molar-refractivity contribution in [3.63, 3.8) is 0 Å². The average molecular weight is 291 g/mol. The second-order valence-electron chi connectivity index (χ2n) is 5.30. The minimum absolute atomic E-state index is 0.000518. The molecular weight excluding hydrogens is 270 g/mol. The third-order valence-corrected chi connectivity index (χ3v) is 4.18. The van der Waals surface area contributed by atoms with Crippen LogP contribution in [-0.4, -0.2) is 22.2 Å². The average Bonchev–Trinajstić information content (AvgIpc) is 3.00. The first-order valence-electron chi connectivity index (χ1n) is 6.83. The number of carbonyl (C=O) groups is 1. The van der Waals surface area contributed by atoms with Crippen LogP contribution in [0, 0.1) is 19.8 Å². The topological polar surface area (TPSA) is 46.9 Å². The Bertz CT molecular complexity index is 572. The highest BCUT2D eigenvalue weighted by Gasteiger charge is 2.19. The van der Waals surface area contributed by atoms with Crippen molar-refractivity contribution in [1.29, 1.82) is 0 Å². The maximum Gasteiger partial charge on any atom is 0.222 e. The van der Waals surface area contributed by atoms with Gasteiger partial charge in [0.1, 0.15) is 6.04 Å². The highest BCUT2D eigenvalue weighted by molar-refractivity contribution is 7.10. The highest BCUT2D eigenvalue weighted by Crippen LogP contribution is 2.24. The third kappa shape index (κ3) is 3.28. The number of aromatic nitrogens is 2. The summed E-state index contributed by atoms with van der Waals surface area (Å²) in [5.41, 5.74) is 2.11. The Labute approximate surface area is 123 Å². The van der Waals surface area contributed by atoms with E-state index < -0.39 is 0 Å². The lowest BCUT2D eigenvalue weighted by Crippen LogP contribution is -2.34. The number of nitrogens with one attached hydrogen (secondary N) is 1. The molecule has 20 heavy (non-hydrogen) atoms. The Balaban J connectivity index is 2.22. The van der Waals surface area contributed by atoms with Gasteiger partial charge in [-0.2, -0.15) is 5.10 Å². The van der Waals surface area contributed by atoms with E-state index in [2.05, 4.69) is 27.9 Å². The summed E-state index contributed by atoms with van der Waals surface area (Å²) >= 11 is 1.69. The van der Waals surface area contributed by atoms with Gasteiger partial charge in [0.2, 0.25) is 5.91 Å². The summed E-state index contributed by atoms with van der Waals surface area (Å²) in [6, 6.07) is 6.24. The van der Waals surface area contributed by atoms with Crippen molar-refractivity contribution in [1.82, 2.24) is 15.1 Å². The quantitative estimate of drug-likeness (QED) is 0.920. The van der Waals surface area contributed by atoms with Crippen molar-refractivity contribution in [3.8, 4) is 0 Å². The highest BCUT2D eigenvalue weighted by atomic mass is 32.1. The van der Waals surface area contributed by atoms with Crippen molar-refractivity contribution in [2.24, 2.45) is 5.92 Å². The molecule has 1 amide bonds. The molecule has 0 aliphatic carbocycles. The molecule has 4 nitrogen and oxygen atoms in total. The van der Waals surface area contributed by atoms with Gasteiger partial charge in [-0.15, -0.1) is 11.3 Å². The predicted molar refractivity (Wildman–Crippen MR) is 82.0 cm³/mol. The van der Waals surface area contributed by atoms with Crippen LogP contribution in [0.25, 0.3) is 0 Å². The van der Waals surface area contributed by atoms with Crippen molar-refractivity contribution in [2.75, 3.05) is 6.54 Å². The molecule has 2 aromatic rings. The zero-order valence-corrected chi connectivity index (χ0v) is 13.2. The summed E-state index contributed by atoms with van der Waals surface area (Å²) in [7, 11) is 0. The molecule has 0 saturated heterocycles. The van der Waals surface area contributed by atoms with Gasteiger partial charge in [-0.05, 0) is 31.4 Å². The van der Waals surface area contributed by atoms with E-state index in [0.29, 0.717) is 6.54 Å². The molecule has 0 bridgehead atoms. The maximum absolute atomic E-state index is 11.8. The van der Waals surface area contributed by atoms with Crippen LogP contribution in [0.4, 0.5) is 0 Å². The first kappa shape index (κ1) is 14.8. The smallest absolute Gasteiger partial charge is 0.222 e. The summed E-state index contributed by atoms with van der Waals surface area (Å²) < 4.78 is 2.00. The molecule has 0 radical (unpaired) electrons. The van der Waals surface area contributed by atoms with E-state index in [1.54, 1.807) is 11.3 Å². The van der Waals surface area contributed by atoms with Gasteiger partial charge in [0.05, 0.1) is 5.69 Å². The fraction of sp³-hybridized carbons (Fsp3) is 0.467. The molecule has 1 atom stereocenters. The molecule has 5 heteroatoms. The lowest BCUT2D eigenvalue weighted by atomic mass is 10.2. The second-order valence-corrected chi connectivity index (χ2v) is 6.28. The normalized spacial score (nSPS) is 12.7. The summed E-state index contributed by atoms with van der Waals surface area (Å²) in [5.74, 6) is 0.0764. The van der Waals surface area contributed by atoms with Gasteiger partial charge in [-0.1, -0.05) is 19.9 Å². The summed E-state index contributed by atoms with van der Waals surface area (Å²) in [4.78, 5) is 13.0. The Morgan fingerprint density at radius 3 is 2.70 bits per heavy atom. The van der Waals surface area contributed by atoms with Crippen LogP contribution in [0.15, 0.2) is 23.6 Å². The molecule has 2 rings (SSSR count). The van der Waals surface area contributed by atoms with Gasteiger partial charge in [-0.25, -0.2) is 0 Å². The molecular formula is C15H21N3OS. The van der Waals surface area contributed by atoms with Crippen LogP contribution in [0.3, 0.4) is 0 Å². The Kier molecular flexibility index (Phi) is 4.60. The number of amides is 1. The van der Waals surface area contributed by atoms with E-state index >= 15 is 0 Å². The number of hydrogen-bond acceptors (Lipinski definition) is 3. The first-order valence-corrected chi connectivity index (χ1v) is 7.71. The maximum atomic E-state index is 11.8. The SMILES string of the molecule is Cc1cc(C)n(C(CNC(=O)C(C)C)c2cccs2)n1. The minimum atomic E-state index is -0.000518. The van der Waals surface area contributed by atoms with Crippen LogP contribution in [0.2, 0.25) is 0 Å². The Morgan fingerprint density at radius 2 is 2.20 bits per heavy atom. The standard InChI is InChI=1S/C15H21N3OS/c1-10(2)15(19)16-9-13(14-6-5-7-20-14)18-12(4)8-11(3)17-18/h5-8,10,13H,9H2,1-4H3,(H,16,19). The van der Waals surface area contributed by atoms with Crippen LogP contribution in [0.1, 0.15) is 36.2 Å². The van der Waals surface area contributed by atoms with E-state index in [9.17, 15) is 4.79 Å². The zero-order valence-electron chi connectivity index (χ0n) is 12.4. The van der Waals surface area contributed by atoms with E-state index in [-0.39, 0.29) is 17.9 Å². The fourth-order valence-corrected chi connectivity index (χ4v) is 2.96. The predicted octanol–water partition coefficient (Wildman–Crippen LogP) is 2.92. The number of thiophene rings is 1. The number of carbonyl (C=O) groups excluding carboxylic acids is 1.